The number of alkyl halides is 2. The lowest BCUT2D eigenvalue weighted by molar-refractivity contribution is -0.117. The van der Waals surface area contributed by atoms with Crippen LogP contribution in [0.5, 0.6) is 0 Å². The summed E-state index contributed by atoms with van der Waals surface area (Å²) in [4.78, 5) is 11.8. The molecule has 1 aromatic rings. The number of aromatic nitrogens is 4. The molecule has 1 fully saturated rings. The lowest BCUT2D eigenvalue weighted by Gasteiger charge is -2.20. The van der Waals surface area contributed by atoms with Crippen LogP contribution in [0.15, 0.2) is 11.6 Å². The summed E-state index contributed by atoms with van der Waals surface area (Å²) >= 11 is 0. The van der Waals surface area contributed by atoms with Crippen molar-refractivity contribution < 1.29 is 13.6 Å². The van der Waals surface area contributed by atoms with Gasteiger partial charge in [-0.1, -0.05) is 18.1 Å². The summed E-state index contributed by atoms with van der Waals surface area (Å²) in [6, 6.07) is -0.384. The van der Waals surface area contributed by atoms with Gasteiger partial charge in [0.1, 0.15) is 0 Å². The van der Waals surface area contributed by atoms with Crippen LogP contribution in [-0.2, 0) is 4.79 Å². The first-order valence-electron chi connectivity index (χ1n) is 6.58. The highest BCUT2D eigenvalue weighted by Gasteiger charge is 2.30. The number of aromatic amines is 1. The minimum absolute atomic E-state index is 0.219. The molecule has 1 unspecified atom stereocenters. The standard InChI is InChI=1S/C12H17F2N5O/c1-7(11(13)14)6-9(20)15-10(8-4-2-3-5-8)12-16-18-19-17-12/h6,8,10-11H,2-5H2,1H3,(H,15,20)(H,16,17,18,19)/b7-6+. The molecule has 110 valence electrons. The minimum atomic E-state index is -2.63. The van der Waals surface area contributed by atoms with Crippen LogP contribution in [0.3, 0.4) is 0 Å². The maximum absolute atomic E-state index is 12.4. The largest absolute Gasteiger partial charge is 0.342 e. The Morgan fingerprint density at radius 3 is 2.70 bits per heavy atom. The Morgan fingerprint density at radius 2 is 2.15 bits per heavy atom. The topological polar surface area (TPSA) is 83.6 Å². The highest BCUT2D eigenvalue weighted by molar-refractivity contribution is 5.88. The van der Waals surface area contributed by atoms with E-state index in [4.69, 9.17) is 0 Å². The van der Waals surface area contributed by atoms with Gasteiger partial charge in [0.2, 0.25) is 5.91 Å². The summed E-state index contributed by atoms with van der Waals surface area (Å²) in [5.74, 6) is 0.0645. The summed E-state index contributed by atoms with van der Waals surface area (Å²) in [5, 5.41) is 16.3. The fourth-order valence-corrected chi connectivity index (χ4v) is 2.45. The molecule has 0 aliphatic heterocycles. The fourth-order valence-electron chi connectivity index (χ4n) is 2.45. The number of rotatable bonds is 5. The van der Waals surface area contributed by atoms with Crippen LogP contribution in [0.1, 0.15) is 44.5 Å². The number of allylic oxidation sites excluding steroid dienone is 1. The number of carbonyl (C=O) groups is 1. The van der Waals surface area contributed by atoms with Crippen molar-refractivity contribution in [3.63, 3.8) is 0 Å². The molecule has 0 spiro atoms. The molecule has 6 nitrogen and oxygen atoms in total. The van der Waals surface area contributed by atoms with Gasteiger partial charge in [0, 0.05) is 6.08 Å². The molecule has 0 bridgehead atoms. The van der Waals surface area contributed by atoms with Crippen LogP contribution in [0.2, 0.25) is 0 Å². The van der Waals surface area contributed by atoms with Gasteiger partial charge in [0.25, 0.3) is 6.43 Å². The van der Waals surface area contributed by atoms with E-state index in [1.54, 1.807) is 0 Å². The molecule has 0 saturated heterocycles. The molecule has 1 aromatic heterocycles. The molecule has 1 atom stereocenters. The van der Waals surface area contributed by atoms with E-state index in [2.05, 4.69) is 25.9 Å². The third-order valence-electron chi connectivity index (χ3n) is 3.51. The van der Waals surface area contributed by atoms with Gasteiger partial charge in [0.05, 0.1) is 6.04 Å². The maximum atomic E-state index is 12.4. The Kier molecular flexibility index (Phi) is 4.75. The van der Waals surface area contributed by atoms with E-state index in [1.165, 1.54) is 6.92 Å². The van der Waals surface area contributed by atoms with Crippen molar-refractivity contribution in [1.82, 2.24) is 25.9 Å². The number of amides is 1. The number of halogens is 2. The molecule has 2 rings (SSSR count). The van der Waals surface area contributed by atoms with Gasteiger partial charge in [-0.2, -0.15) is 5.21 Å². The molecule has 0 aromatic carbocycles. The van der Waals surface area contributed by atoms with Crippen molar-refractivity contribution in [3.05, 3.63) is 17.5 Å². The first-order chi connectivity index (χ1) is 9.58. The third-order valence-corrected chi connectivity index (χ3v) is 3.51. The van der Waals surface area contributed by atoms with Crippen molar-refractivity contribution >= 4 is 5.91 Å². The number of tetrazole rings is 1. The number of hydrogen-bond acceptors (Lipinski definition) is 4. The van der Waals surface area contributed by atoms with E-state index in [0.29, 0.717) is 5.82 Å². The lowest BCUT2D eigenvalue weighted by Crippen LogP contribution is -2.32. The maximum Gasteiger partial charge on any atom is 0.260 e. The summed E-state index contributed by atoms with van der Waals surface area (Å²) in [6.07, 6.45) is 2.37. The second-order valence-corrected chi connectivity index (χ2v) is 4.99. The van der Waals surface area contributed by atoms with Gasteiger partial charge in [0.15, 0.2) is 5.82 Å². The summed E-state index contributed by atoms with van der Waals surface area (Å²) < 4.78 is 24.8. The van der Waals surface area contributed by atoms with E-state index in [9.17, 15) is 13.6 Å². The second-order valence-electron chi connectivity index (χ2n) is 4.99. The lowest BCUT2D eigenvalue weighted by atomic mass is 9.97. The summed E-state index contributed by atoms with van der Waals surface area (Å²) in [5.41, 5.74) is -0.263. The van der Waals surface area contributed by atoms with Crippen molar-refractivity contribution in [2.45, 2.75) is 45.1 Å². The van der Waals surface area contributed by atoms with Crippen molar-refractivity contribution in [1.29, 1.82) is 0 Å². The Bertz CT molecular complexity index is 468. The van der Waals surface area contributed by atoms with Gasteiger partial charge in [-0.3, -0.25) is 4.79 Å². The van der Waals surface area contributed by atoms with E-state index in [-0.39, 0.29) is 17.5 Å². The Labute approximate surface area is 115 Å². The zero-order valence-electron chi connectivity index (χ0n) is 11.1. The van der Waals surface area contributed by atoms with Gasteiger partial charge in [-0.05, 0) is 31.3 Å². The average Bonchev–Trinajstić information content (AvgIpc) is 3.09. The van der Waals surface area contributed by atoms with Crippen LogP contribution in [-0.4, -0.2) is 33.0 Å². The first kappa shape index (κ1) is 14.5. The Balaban J connectivity index is 2.08. The molecule has 1 amide bonds. The van der Waals surface area contributed by atoms with E-state index < -0.39 is 12.3 Å². The molecule has 2 N–H and O–H groups in total. The number of nitrogens with zero attached hydrogens (tertiary/aromatic N) is 3. The zero-order valence-corrected chi connectivity index (χ0v) is 11.1. The molecular weight excluding hydrogens is 268 g/mol. The van der Waals surface area contributed by atoms with Gasteiger partial charge < -0.3 is 5.32 Å². The Hall–Kier alpha value is -1.86. The van der Waals surface area contributed by atoms with Crippen molar-refractivity contribution in [2.75, 3.05) is 0 Å². The SMILES string of the molecule is C/C(=C\C(=O)NC(c1nn[nH]n1)C1CCCC1)C(F)F. The molecule has 1 heterocycles. The van der Waals surface area contributed by atoms with Crippen LogP contribution < -0.4 is 5.32 Å². The second kappa shape index (κ2) is 6.53. The smallest absolute Gasteiger partial charge is 0.260 e. The van der Waals surface area contributed by atoms with Crippen LogP contribution >= 0.6 is 0 Å². The van der Waals surface area contributed by atoms with Gasteiger partial charge in [-0.15, -0.1) is 10.2 Å². The molecule has 8 heteroatoms. The average molecular weight is 285 g/mol. The monoisotopic (exact) mass is 285 g/mol. The molecule has 1 aliphatic rings. The summed E-state index contributed by atoms with van der Waals surface area (Å²) in [7, 11) is 0. The number of hydrogen-bond donors (Lipinski definition) is 2. The normalized spacial score (nSPS) is 18.5. The third kappa shape index (κ3) is 3.58. The minimum Gasteiger partial charge on any atom is -0.342 e. The van der Waals surface area contributed by atoms with Crippen LogP contribution in [0.4, 0.5) is 8.78 Å². The number of H-pyrrole nitrogens is 1. The van der Waals surface area contributed by atoms with Gasteiger partial charge >= 0.3 is 0 Å². The highest BCUT2D eigenvalue weighted by Crippen LogP contribution is 2.34. The highest BCUT2D eigenvalue weighted by atomic mass is 19.3. The van der Waals surface area contributed by atoms with Crippen molar-refractivity contribution in [3.8, 4) is 0 Å². The van der Waals surface area contributed by atoms with Crippen LogP contribution in [0, 0.1) is 5.92 Å². The fraction of sp³-hybridized carbons (Fsp3) is 0.667. The van der Waals surface area contributed by atoms with E-state index in [1.807, 2.05) is 0 Å². The Morgan fingerprint density at radius 1 is 1.45 bits per heavy atom. The molecule has 20 heavy (non-hydrogen) atoms. The first-order valence-corrected chi connectivity index (χ1v) is 6.58. The number of nitrogens with one attached hydrogen (secondary N) is 2. The van der Waals surface area contributed by atoms with E-state index in [0.717, 1.165) is 31.8 Å². The van der Waals surface area contributed by atoms with Crippen LogP contribution in [0.25, 0.3) is 0 Å². The van der Waals surface area contributed by atoms with Crippen molar-refractivity contribution in [2.24, 2.45) is 5.92 Å². The predicted molar refractivity (Wildman–Crippen MR) is 66.8 cm³/mol. The van der Waals surface area contributed by atoms with E-state index >= 15 is 0 Å². The molecular formula is C12H17F2N5O. The molecule has 1 aliphatic carbocycles. The van der Waals surface area contributed by atoms with Gasteiger partial charge in [-0.25, -0.2) is 8.78 Å². The number of carbonyl (C=O) groups excluding carboxylic acids is 1. The predicted octanol–water partition coefficient (Wildman–Crippen LogP) is 1.76. The quantitative estimate of drug-likeness (QED) is 0.807. The molecule has 1 saturated carbocycles. The zero-order chi connectivity index (χ0) is 14.5. The summed E-state index contributed by atoms with van der Waals surface area (Å²) in [6.45, 7) is 1.23. The molecule has 0 radical (unpaired) electrons.